The molecular formula is C51H78N3O12P3. The third kappa shape index (κ3) is 23.4. The van der Waals surface area contributed by atoms with Crippen LogP contribution in [0.25, 0.3) is 0 Å². The van der Waals surface area contributed by atoms with E-state index in [1.165, 1.54) is 0 Å². The van der Waals surface area contributed by atoms with Gasteiger partial charge in [0, 0.05) is 62.2 Å². The summed E-state index contributed by atoms with van der Waals surface area (Å²) in [5.74, 6) is 0. The molecule has 0 aliphatic carbocycles. The van der Waals surface area contributed by atoms with Gasteiger partial charge in [-0.15, -0.1) is 0 Å². The zero-order chi connectivity index (χ0) is 49.0. The summed E-state index contributed by atoms with van der Waals surface area (Å²) in [4.78, 5) is 41.8. The first kappa shape index (κ1) is 58.6. The average molecular weight is 1020 g/mol. The molecule has 0 amide bonds. The van der Waals surface area contributed by atoms with Gasteiger partial charge in [0.05, 0.1) is 98.9 Å². The molecule has 69 heavy (non-hydrogen) atoms. The minimum absolute atomic E-state index is 0.0175. The fraction of sp³-hybridized carbons (Fsp3) is 0.588. The Labute approximate surface area is 414 Å². The molecule has 1 aromatic heterocycles. The molecule has 0 radical (unpaired) electrons. The molecule has 4 rings (SSSR count). The average Bonchev–Trinajstić information content (AvgIpc) is 3.36. The summed E-state index contributed by atoms with van der Waals surface area (Å²) in [6.45, 7) is 13.8. The lowest BCUT2D eigenvalue weighted by Gasteiger charge is -2.15. The van der Waals surface area contributed by atoms with Gasteiger partial charge in [0.2, 0.25) is 0 Å². The number of unbranched alkanes of at least 4 members (excludes halogenated alkanes) is 3. The first-order valence-corrected chi connectivity index (χ1v) is 27.5. The topological polar surface area (TPSA) is 149 Å². The van der Waals surface area contributed by atoms with Gasteiger partial charge in [-0.25, -0.2) is 28.1 Å². The first-order chi connectivity index (χ1) is 34.0. The Morgan fingerprint density at radius 3 is 0.884 bits per heavy atom. The lowest BCUT2D eigenvalue weighted by Crippen LogP contribution is -2.55. The van der Waals surface area contributed by atoms with Crippen LogP contribution in [0.1, 0.15) is 76.0 Å². The van der Waals surface area contributed by atoms with Crippen LogP contribution in [0.15, 0.2) is 87.2 Å². The van der Waals surface area contributed by atoms with Crippen LogP contribution in [0.5, 0.6) is 0 Å². The van der Waals surface area contributed by atoms with Gasteiger partial charge in [0.15, 0.2) is 0 Å². The van der Waals surface area contributed by atoms with E-state index < -0.39 is 17.1 Å². The third-order valence-electron chi connectivity index (χ3n) is 10.8. The number of nitrogens with zero attached hydrogens (tertiary/aromatic N) is 3. The van der Waals surface area contributed by atoms with Gasteiger partial charge in [-0.1, -0.05) is 113 Å². The molecule has 0 aliphatic heterocycles. The Balaban J connectivity index is 1.37. The van der Waals surface area contributed by atoms with Gasteiger partial charge in [0.1, 0.15) is 0 Å². The SMILES string of the molecule is CCCCOCCOCCc1ccccc1POCCn1c(=O)n(CCOPc2ccccc2CCOCCOCCCC)c(=O)n(CCOPc2ccccc2CCOCCOCCCC)c1=O. The minimum Gasteiger partial charge on any atom is -0.379 e. The molecule has 0 saturated carbocycles. The predicted octanol–water partition coefficient (Wildman–Crippen LogP) is 6.11. The molecule has 0 aliphatic rings. The Kier molecular flexibility index (Phi) is 32.0. The highest BCUT2D eigenvalue weighted by atomic mass is 31.1. The summed E-state index contributed by atoms with van der Waals surface area (Å²) in [6, 6.07) is 24.0. The smallest absolute Gasteiger partial charge is 0.336 e. The normalized spacial score (nSPS) is 12.0. The summed E-state index contributed by atoms with van der Waals surface area (Å²) in [7, 11) is -0.0525. The summed E-state index contributed by atoms with van der Waals surface area (Å²) in [5, 5.41) is 3.07. The number of benzene rings is 3. The largest absolute Gasteiger partial charge is 0.379 e. The maximum atomic E-state index is 13.9. The maximum absolute atomic E-state index is 13.9. The summed E-state index contributed by atoms with van der Waals surface area (Å²) in [5.41, 5.74) is 1.19. The van der Waals surface area contributed by atoms with Crippen molar-refractivity contribution in [1.82, 2.24) is 13.7 Å². The molecule has 4 aromatic rings. The van der Waals surface area contributed by atoms with Gasteiger partial charge in [-0.3, -0.25) is 0 Å². The molecule has 0 saturated heterocycles. The number of rotatable bonds is 42. The Morgan fingerprint density at radius 1 is 0.348 bits per heavy atom. The van der Waals surface area contributed by atoms with E-state index in [0.717, 1.165) is 105 Å². The van der Waals surface area contributed by atoms with Crippen LogP contribution in [0.2, 0.25) is 0 Å². The van der Waals surface area contributed by atoms with Crippen LogP contribution in [0.4, 0.5) is 0 Å². The van der Waals surface area contributed by atoms with Crippen molar-refractivity contribution in [1.29, 1.82) is 0 Å². The van der Waals surface area contributed by atoms with Crippen LogP contribution in [-0.4, -0.2) is 113 Å². The second-order valence-corrected chi connectivity index (χ2v) is 19.2. The number of hydrogen-bond donors (Lipinski definition) is 0. The highest BCUT2D eigenvalue weighted by molar-refractivity contribution is 7.42. The van der Waals surface area contributed by atoms with Gasteiger partial charge in [0.25, 0.3) is 0 Å². The molecule has 1 heterocycles. The van der Waals surface area contributed by atoms with Crippen molar-refractivity contribution in [3.8, 4) is 0 Å². The lowest BCUT2D eigenvalue weighted by molar-refractivity contribution is 0.0479. The van der Waals surface area contributed by atoms with Crippen LogP contribution in [0, 0.1) is 0 Å². The molecule has 0 bridgehead atoms. The standard InChI is InChI=1S/C51H78N3O12P3/c1-4-7-28-58-37-40-61-31-22-43-16-10-13-19-46(43)67-64-34-25-52-49(55)53(26-35-65-68-47-20-14-11-17-44(47)23-32-62-41-38-59-29-8-5-2)51(57)54(50(52)56)27-36-66-69-48-21-15-12-18-45(48)24-33-63-42-39-60-30-9-6-3/h10-21,67-69H,4-9,22-42H2,1-3H3. The zero-order valence-electron chi connectivity index (χ0n) is 41.3. The Morgan fingerprint density at radius 2 is 0.609 bits per heavy atom. The predicted molar refractivity (Wildman–Crippen MR) is 281 cm³/mol. The molecule has 3 aromatic carbocycles. The van der Waals surface area contributed by atoms with E-state index in [1.54, 1.807) is 0 Å². The van der Waals surface area contributed by atoms with E-state index in [4.69, 9.17) is 42.0 Å². The minimum atomic E-state index is -0.709. The third-order valence-corrected chi connectivity index (χ3v) is 14.0. The van der Waals surface area contributed by atoms with Gasteiger partial charge < -0.3 is 42.0 Å². The number of hydrogen-bond acceptors (Lipinski definition) is 12. The molecule has 18 heteroatoms. The molecule has 384 valence electrons. The highest BCUT2D eigenvalue weighted by Crippen LogP contribution is 2.18. The summed E-state index contributed by atoms with van der Waals surface area (Å²) < 4.78 is 55.7. The molecule has 3 unspecified atom stereocenters. The molecule has 15 nitrogen and oxygen atoms in total. The summed E-state index contributed by atoms with van der Waals surface area (Å²) >= 11 is 0. The lowest BCUT2D eigenvalue weighted by atomic mass is 10.2. The van der Waals surface area contributed by atoms with E-state index in [9.17, 15) is 14.4 Å². The van der Waals surface area contributed by atoms with Crippen LogP contribution >= 0.6 is 26.4 Å². The van der Waals surface area contributed by atoms with Crippen molar-refractivity contribution in [3.05, 3.63) is 121 Å². The Bertz CT molecular complexity index is 1890. The van der Waals surface area contributed by atoms with Crippen molar-refractivity contribution in [2.75, 3.05) is 99.1 Å². The van der Waals surface area contributed by atoms with Crippen molar-refractivity contribution in [2.45, 2.75) is 98.2 Å². The monoisotopic (exact) mass is 1020 g/mol. The van der Waals surface area contributed by atoms with Gasteiger partial charge in [-0.05, 0) is 55.2 Å². The first-order valence-electron chi connectivity index (χ1n) is 24.8. The second kappa shape index (κ2) is 37.7. The fourth-order valence-electron chi connectivity index (χ4n) is 6.82. The van der Waals surface area contributed by atoms with E-state index in [0.29, 0.717) is 78.7 Å². The maximum Gasteiger partial charge on any atom is 0.336 e. The van der Waals surface area contributed by atoms with Crippen LogP contribution in [0.3, 0.4) is 0 Å². The molecule has 3 atom stereocenters. The molecule has 0 spiro atoms. The van der Waals surface area contributed by atoms with E-state index in [2.05, 4.69) is 39.0 Å². The van der Waals surface area contributed by atoms with Crippen molar-refractivity contribution in [3.63, 3.8) is 0 Å². The van der Waals surface area contributed by atoms with Crippen molar-refractivity contribution in [2.24, 2.45) is 0 Å². The zero-order valence-corrected chi connectivity index (χ0v) is 44.3. The molecule has 0 fully saturated rings. The second-order valence-electron chi connectivity index (χ2n) is 16.1. The molecule has 0 N–H and O–H groups in total. The van der Waals surface area contributed by atoms with Crippen molar-refractivity contribution >= 4 is 42.3 Å². The number of ether oxygens (including phenoxy) is 6. The van der Waals surface area contributed by atoms with E-state index >= 15 is 0 Å². The van der Waals surface area contributed by atoms with E-state index in [1.807, 2.05) is 54.6 Å². The quantitative estimate of drug-likeness (QED) is 0.0373. The van der Waals surface area contributed by atoms with Crippen molar-refractivity contribution < 1.29 is 42.0 Å². The van der Waals surface area contributed by atoms with Gasteiger partial charge in [-0.2, -0.15) is 0 Å². The molecular weight excluding hydrogens is 939 g/mol. The highest BCUT2D eigenvalue weighted by Gasteiger charge is 2.17. The Hall–Kier alpha value is -3.00. The number of aromatic nitrogens is 3. The van der Waals surface area contributed by atoms with Crippen LogP contribution in [-0.2, 0) is 80.9 Å². The van der Waals surface area contributed by atoms with E-state index in [-0.39, 0.29) is 65.9 Å². The van der Waals surface area contributed by atoms with Crippen LogP contribution < -0.4 is 33.0 Å². The fourth-order valence-corrected chi connectivity index (χ4v) is 9.38. The van der Waals surface area contributed by atoms with Gasteiger partial charge >= 0.3 is 17.1 Å². The summed E-state index contributed by atoms with van der Waals surface area (Å²) in [6.07, 6.45) is 8.57.